The number of ether oxygens (including phenoxy) is 7. The number of anilines is 2. The third-order valence-electron chi connectivity index (χ3n) is 16.2. The van der Waals surface area contributed by atoms with Crippen LogP contribution in [0.2, 0.25) is 0 Å². The van der Waals surface area contributed by atoms with E-state index in [4.69, 9.17) is 53.1 Å². The Morgan fingerprint density at radius 1 is 0.735 bits per heavy atom. The second-order valence-electron chi connectivity index (χ2n) is 22.7. The number of alkyl halides is 1. The molecule has 5 amide bonds. The van der Waals surface area contributed by atoms with Gasteiger partial charge in [0.1, 0.15) is 71.3 Å². The number of carbonyl (C=O) groups excluding carboxylic acids is 5. The molecule has 0 aliphatic carbocycles. The van der Waals surface area contributed by atoms with E-state index in [1.807, 2.05) is 0 Å². The number of amides is 5. The van der Waals surface area contributed by atoms with Gasteiger partial charge in [0.25, 0.3) is 29.5 Å². The molecule has 7 aromatic rings. The van der Waals surface area contributed by atoms with E-state index < -0.39 is 131 Å². The second-order valence-corrected chi connectivity index (χ2v) is 24.2. The van der Waals surface area contributed by atoms with Crippen LogP contribution in [0.5, 0.6) is 28.7 Å². The van der Waals surface area contributed by atoms with Crippen LogP contribution >= 0.6 is 11.6 Å². The summed E-state index contributed by atoms with van der Waals surface area (Å²) in [6.45, 7) is -0.217. The first kappa shape index (κ1) is 69.9. The summed E-state index contributed by atoms with van der Waals surface area (Å²) >= 11 is 6.62. The minimum atomic E-state index is -5.37. The van der Waals surface area contributed by atoms with E-state index in [0.717, 1.165) is 17.0 Å². The number of aromatic nitrogens is 5. The van der Waals surface area contributed by atoms with E-state index in [1.54, 1.807) is 12.3 Å². The zero-order valence-electron chi connectivity index (χ0n) is 51.7. The fourth-order valence-electron chi connectivity index (χ4n) is 11.0. The zero-order valence-corrected chi connectivity index (χ0v) is 53.3. The zero-order chi connectivity index (χ0) is 69.9. The Morgan fingerprint density at radius 3 is 2.14 bits per heavy atom. The number of aliphatic carboxylic acids is 1. The molecule has 4 aromatic carbocycles. The standard InChI is InChI=1S/C62H64ClN9O25S/c1-68(15-18-90-19-16-70-27-35(66-67-70)30-91-20-17-71-47(74)13-14-48(71)75)58(83)32-5-11-42(93-62-54(80)51(77)50(76)45(29-73)94-62)44(21-32)97-98(87,88)96-43-23-41-49(39-22-37(89-2)9-10-38(39)43)33(24-63)25-72(41)59(84)40-28-69-26-34(6-12-46(69)65-40)64-57(82)31-3-7-36(8-4-31)92-61-55(81)52(78)53(79)56(95-61)60(85)86/h3-14,21-23,26-28,33,45,50-56,61-62,73,76-81H,15-20,24-25,29-30H2,1-2H3,(H,64,82)(H,85,86)/t33-,45-,50+,51+,52+,53+,54-,55-,56?,61-,62-/m1/s1. The fraction of sp³-hybridized carbons (Fsp3) is 0.371. The number of pyridine rings is 1. The summed E-state index contributed by atoms with van der Waals surface area (Å²) in [5.41, 5.74) is 1.54. The Labute approximate surface area is 560 Å². The number of likely N-dealkylation sites (N-methyl/N-ethyl adjacent to an activating group) is 1. The fourth-order valence-corrected chi connectivity index (χ4v) is 12.0. The van der Waals surface area contributed by atoms with Gasteiger partial charge in [0, 0.05) is 79.1 Å². The summed E-state index contributed by atoms with van der Waals surface area (Å²) in [6, 6.07) is 17.7. The molecule has 7 heterocycles. The van der Waals surface area contributed by atoms with Gasteiger partial charge in [-0.05, 0) is 83.7 Å². The summed E-state index contributed by atoms with van der Waals surface area (Å²) in [4.78, 5) is 85.5. The SMILES string of the molecule is COc1ccc2c(OS(=O)(=O)Oc3cc(C(=O)N(C)CCOCCn4cc(COCCN5C(=O)C=CC5=O)nn4)ccc3O[C@@H]3O[C@H](CO)[C@H](O)[C@H](O)[C@H]3O)cc3c(c2c1)[C@H](CCl)CN3C(=O)c1cn2cc(NC(=O)c3ccc(O[C@@H]4OC(C(=O)O)[C@@H](O)[C@H](O)[C@H]4O)cc3)ccc2n1. The molecular weight excluding hydrogens is 1340 g/mol. The van der Waals surface area contributed by atoms with Crippen LogP contribution in [-0.2, 0) is 56.9 Å². The van der Waals surface area contributed by atoms with Crippen molar-refractivity contribution in [2.75, 3.05) is 76.3 Å². The number of methoxy groups -OCH3 is 1. The first-order valence-corrected chi connectivity index (χ1v) is 31.9. The summed E-state index contributed by atoms with van der Waals surface area (Å²) in [6.07, 6.45) is -11.3. The maximum Gasteiger partial charge on any atom is 0.501 e. The van der Waals surface area contributed by atoms with Crippen LogP contribution in [-0.4, -0.2) is 246 Å². The van der Waals surface area contributed by atoms with Crippen molar-refractivity contribution in [3.05, 3.63) is 138 Å². The summed E-state index contributed by atoms with van der Waals surface area (Å²) in [7, 11) is -2.52. The highest BCUT2D eigenvalue weighted by molar-refractivity contribution is 7.82. The van der Waals surface area contributed by atoms with Crippen molar-refractivity contribution in [2.45, 2.75) is 80.5 Å². The smallest absolute Gasteiger partial charge is 0.497 e. The molecule has 3 aromatic heterocycles. The average molecular weight is 1400 g/mol. The number of hydrogen-bond acceptors (Lipinski definition) is 27. The van der Waals surface area contributed by atoms with Crippen LogP contribution in [0.4, 0.5) is 11.4 Å². The van der Waals surface area contributed by atoms with Gasteiger partial charge >= 0.3 is 16.4 Å². The Bertz CT molecular complexity index is 4290. The van der Waals surface area contributed by atoms with Gasteiger partial charge in [-0.3, -0.25) is 28.9 Å². The second kappa shape index (κ2) is 29.7. The monoisotopic (exact) mass is 1400 g/mol. The van der Waals surface area contributed by atoms with Gasteiger partial charge in [-0.15, -0.1) is 25.1 Å². The van der Waals surface area contributed by atoms with Gasteiger partial charge in [0.15, 0.2) is 23.4 Å². The molecular formula is C62H64ClN9O25S. The summed E-state index contributed by atoms with van der Waals surface area (Å²) in [5, 5.41) is 93.2. The molecule has 1 unspecified atom stereocenters. The van der Waals surface area contributed by atoms with Crippen molar-refractivity contribution in [3.8, 4) is 28.7 Å². The normalized spacial score (nSPS) is 23.1. The lowest BCUT2D eigenvalue weighted by molar-refractivity contribution is -0.277. The van der Waals surface area contributed by atoms with Crippen LogP contribution < -0.4 is 32.8 Å². The van der Waals surface area contributed by atoms with Gasteiger partial charge in [-0.25, -0.2) is 14.5 Å². The van der Waals surface area contributed by atoms with E-state index in [2.05, 4.69) is 20.6 Å². The number of halogens is 1. The quantitative estimate of drug-likeness (QED) is 0.0181. The number of rotatable bonds is 27. The molecule has 2 saturated heterocycles. The highest BCUT2D eigenvalue weighted by Gasteiger charge is 2.49. The van der Waals surface area contributed by atoms with Gasteiger partial charge in [0.2, 0.25) is 12.6 Å². The van der Waals surface area contributed by atoms with Crippen LogP contribution in [0.3, 0.4) is 0 Å². The number of aliphatic hydroxyl groups excluding tert-OH is 7. The van der Waals surface area contributed by atoms with Crippen molar-refractivity contribution in [2.24, 2.45) is 0 Å². The van der Waals surface area contributed by atoms with Crippen molar-refractivity contribution in [1.82, 2.24) is 34.2 Å². The first-order valence-electron chi connectivity index (χ1n) is 30.0. The molecule has 520 valence electrons. The topological polar surface area (TPSA) is 451 Å². The van der Waals surface area contributed by atoms with Gasteiger partial charge < -0.3 is 102 Å². The Hall–Kier alpha value is -9.47. The lowest BCUT2D eigenvalue weighted by Gasteiger charge is -2.39. The van der Waals surface area contributed by atoms with Crippen LogP contribution in [0.25, 0.3) is 16.4 Å². The molecule has 98 heavy (non-hydrogen) atoms. The van der Waals surface area contributed by atoms with E-state index >= 15 is 0 Å². The lowest BCUT2D eigenvalue weighted by Crippen LogP contribution is -2.61. The predicted octanol–water partition coefficient (Wildman–Crippen LogP) is -0.295. The highest BCUT2D eigenvalue weighted by atomic mass is 35.5. The van der Waals surface area contributed by atoms with Gasteiger partial charge in [-0.2, -0.15) is 0 Å². The molecule has 9 N–H and O–H groups in total. The molecule has 4 aliphatic rings. The van der Waals surface area contributed by atoms with Gasteiger partial charge in [0.05, 0.1) is 70.8 Å². The third kappa shape index (κ3) is 15.1. The lowest BCUT2D eigenvalue weighted by atomic mass is 9.95. The van der Waals surface area contributed by atoms with Crippen molar-refractivity contribution < 1.29 is 120 Å². The van der Waals surface area contributed by atoms with Crippen molar-refractivity contribution in [1.29, 1.82) is 0 Å². The Balaban J connectivity index is 0.786. The van der Waals surface area contributed by atoms with Crippen LogP contribution in [0, 0.1) is 0 Å². The molecule has 0 spiro atoms. The molecule has 11 atom stereocenters. The molecule has 4 aliphatic heterocycles. The number of fused-ring (bicyclic) bond motifs is 4. The number of nitrogens with zero attached hydrogens (tertiary/aromatic N) is 8. The minimum absolute atomic E-state index is 0.0128. The molecule has 36 heteroatoms. The summed E-state index contributed by atoms with van der Waals surface area (Å²) < 4.78 is 82.3. The Kier molecular flexibility index (Phi) is 21.2. The average Bonchev–Trinajstić information content (AvgIpc) is 1.52. The van der Waals surface area contributed by atoms with Crippen molar-refractivity contribution >= 4 is 85.3 Å². The van der Waals surface area contributed by atoms with E-state index in [1.165, 1.54) is 118 Å². The molecule has 0 radical (unpaired) electrons. The van der Waals surface area contributed by atoms with E-state index in [0.29, 0.717) is 22.4 Å². The highest BCUT2D eigenvalue weighted by Crippen LogP contribution is 2.48. The molecule has 0 bridgehead atoms. The number of carboxylic acids is 1. The number of imidazole rings is 1. The minimum Gasteiger partial charge on any atom is -0.497 e. The number of nitrogens with one attached hydrogen (secondary N) is 1. The molecule has 11 rings (SSSR count). The van der Waals surface area contributed by atoms with E-state index in [9.17, 15) is 78.0 Å². The number of imide groups is 1. The van der Waals surface area contributed by atoms with E-state index in [-0.39, 0.29) is 109 Å². The molecule has 34 nitrogen and oxygen atoms in total. The number of hydrogen-bond donors (Lipinski definition) is 9. The number of carboxylic acid groups (broad SMARTS) is 1. The molecule has 0 saturated carbocycles. The van der Waals surface area contributed by atoms with Crippen molar-refractivity contribution in [3.63, 3.8) is 0 Å². The van der Waals surface area contributed by atoms with Crippen LogP contribution in [0.15, 0.2) is 110 Å². The third-order valence-corrected chi connectivity index (χ3v) is 17.4. The number of carbonyl (C=O) groups is 6. The van der Waals surface area contributed by atoms with Crippen LogP contribution in [0.1, 0.15) is 48.4 Å². The first-order chi connectivity index (χ1) is 46.9. The predicted molar refractivity (Wildman–Crippen MR) is 335 cm³/mol. The molecule has 2 fully saturated rings. The Morgan fingerprint density at radius 2 is 1.43 bits per heavy atom. The van der Waals surface area contributed by atoms with Gasteiger partial charge in [-0.1, -0.05) is 5.21 Å². The maximum absolute atomic E-state index is 14.8. The summed E-state index contributed by atoms with van der Waals surface area (Å²) in [5.74, 6) is -6.18. The maximum atomic E-state index is 14.8. The largest absolute Gasteiger partial charge is 0.501 e. The number of aliphatic hydroxyl groups is 7. The number of benzene rings is 4.